The topological polar surface area (TPSA) is 50.4 Å². The highest BCUT2D eigenvalue weighted by atomic mass is 16.3. The summed E-state index contributed by atoms with van der Waals surface area (Å²) in [5.74, 6) is 0.529. The van der Waals surface area contributed by atoms with E-state index in [0.717, 1.165) is 30.3 Å². The van der Waals surface area contributed by atoms with Gasteiger partial charge in [-0.3, -0.25) is 4.98 Å². The predicted octanol–water partition coefficient (Wildman–Crippen LogP) is 2.59. The SMILES string of the molecule is CCCC(C)CC(O)c1cnn2ccncc12. The Morgan fingerprint density at radius 1 is 1.41 bits per heavy atom. The van der Waals surface area contributed by atoms with E-state index >= 15 is 0 Å². The van der Waals surface area contributed by atoms with Gasteiger partial charge in [-0.15, -0.1) is 0 Å². The van der Waals surface area contributed by atoms with Crippen LogP contribution >= 0.6 is 0 Å². The van der Waals surface area contributed by atoms with Crippen LogP contribution in [0.15, 0.2) is 24.8 Å². The van der Waals surface area contributed by atoms with Gasteiger partial charge in [0.1, 0.15) is 0 Å². The Morgan fingerprint density at radius 2 is 2.24 bits per heavy atom. The van der Waals surface area contributed by atoms with E-state index in [-0.39, 0.29) is 0 Å². The van der Waals surface area contributed by atoms with Gasteiger partial charge in [0.15, 0.2) is 0 Å². The van der Waals surface area contributed by atoms with Gasteiger partial charge in [0, 0.05) is 18.0 Å². The van der Waals surface area contributed by atoms with E-state index in [1.807, 2.05) is 0 Å². The lowest BCUT2D eigenvalue weighted by molar-refractivity contribution is 0.146. The van der Waals surface area contributed by atoms with Gasteiger partial charge in [-0.1, -0.05) is 26.7 Å². The third-order valence-corrected chi connectivity index (χ3v) is 3.12. The smallest absolute Gasteiger partial charge is 0.0902 e. The first kappa shape index (κ1) is 12.0. The number of aliphatic hydroxyl groups excluding tert-OH is 1. The maximum Gasteiger partial charge on any atom is 0.0902 e. The van der Waals surface area contributed by atoms with Crippen molar-refractivity contribution in [2.75, 3.05) is 0 Å². The monoisotopic (exact) mass is 233 g/mol. The van der Waals surface area contributed by atoms with Gasteiger partial charge in [-0.2, -0.15) is 5.10 Å². The number of aliphatic hydroxyl groups is 1. The fraction of sp³-hybridized carbons (Fsp3) is 0.538. The minimum absolute atomic E-state index is 0.446. The van der Waals surface area contributed by atoms with Crippen LogP contribution in [0.1, 0.15) is 44.8 Å². The molecule has 4 nitrogen and oxygen atoms in total. The molecular formula is C13H19N3O. The number of fused-ring (bicyclic) bond motifs is 1. The summed E-state index contributed by atoms with van der Waals surface area (Å²) in [6, 6.07) is 0. The van der Waals surface area contributed by atoms with Crippen LogP contribution in [0.5, 0.6) is 0 Å². The second kappa shape index (κ2) is 5.27. The van der Waals surface area contributed by atoms with Gasteiger partial charge < -0.3 is 5.11 Å². The third kappa shape index (κ3) is 2.64. The number of hydrogen-bond donors (Lipinski definition) is 1. The zero-order chi connectivity index (χ0) is 12.3. The van der Waals surface area contributed by atoms with Gasteiger partial charge >= 0.3 is 0 Å². The second-order valence-corrected chi connectivity index (χ2v) is 4.65. The molecule has 2 rings (SSSR count). The molecule has 2 heterocycles. The van der Waals surface area contributed by atoms with Crippen molar-refractivity contribution in [2.45, 2.75) is 39.2 Å². The minimum Gasteiger partial charge on any atom is -0.388 e. The Bertz CT molecular complexity index is 480. The molecule has 0 aromatic carbocycles. The van der Waals surface area contributed by atoms with Gasteiger partial charge in [0.2, 0.25) is 0 Å². The molecule has 0 bridgehead atoms. The largest absolute Gasteiger partial charge is 0.388 e. The normalized spacial score (nSPS) is 15.0. The molecule has 92 valence electrons. The lowest BCUT2D eigenvalue weighted by atomic mass is 9.96. The van der Waals surface area contributed by atoms with Crippen molar-refractivity contribution in [3.63, 3.8) is 0 Å². The van der Waals surface area contributed by atoms with E-state index in [1.165, 1.54) is 0 Å². The number of nitrogens with zero attached hydrogens (tertiary/aromatic N) is 3. The van der Waals surface area contributed by atoms with Gasteiger partial charge in [0.25, 0.3) is 0 Å². The van der Waals surface area contributed by atoms with E-state index in [9.17, 15) is 5.11 Å². The molecule has 0 aliphatic carbocycles. The maximum atomic E-state index is 10.2. The molecule has 1 N–H and O–H groups in total. The highest BCUT2D eigenvalue weighted by molar-refractivity contribution is 5.52. The molecule has 2 unspecified atom stereocenters. The van der Waals surface area contributed by atoms with Crippen LogP contribution in [0.2, 0.25) is 0 Å². The van der Waals surface area contributed by atoms with E-state index in [1.54, 1.807) is 29.3 Å². The van der Waals surface area contributed by atoms with Crippen LogP contribution in [-0.2, 0) is 0 Å². The lowest BCUT2D eigenvalue weighted by Crippen LogP contribution is -2.04. The Balaban J connectivity index is 2.16. The maximum absolute atomic E-state index is 10.2. The van der Waals surface area contributed by atoms with Crippen LogP contribution < -0.4 is 0 Å². The van der Waals surface area contributed by atoms with E-state index < -0.39 is 6.10 Å². The molecular weight excluding hydrogens is 214 g/mol. The molecule has 2 aromatic heterocycles. The molecule has 0 aliphatic heterocycles. The summed E-state index contributed by atoms with van der Waals surface area (Å²) in [4.78, 5) is 4.07. The summed E-state index contributed by atoms with van der Waals surface area (Å²) in [5.41, 5.74) is 1.77. The van der Waals surface area contributed by atoms with Crippen molar-refractivity contribution >= 4 is 5.52 Å². The zero-order valence-electron chi connectivity index (χ0n) is 10.4. The van der Waals surface area contributed by atoms with Gasteiger partial charge in [-0.25, -0.2) is 4.52 Å². The van der Waals surface area contributed by atoms with Gasteiger partial charge in [-0.05, 0) is 12.3 Å². The molecule has 17 heavy (non-hydrogen) atoms. The van der Waals surface area contributed by atoms with Crippen LogP contribution in [-0.4, -0.2) is 19.7 Å². The zero-order valence-corrected chi connectivity index (χ0v) is 10.4. The first-order valence-corrected chi connectivity index (χ1v) is 6.17. The molecule has 0 fully saturated rings. The Labute approximate surface area is 101 Å². The van der Waals surface area contributed by atoms with Crippen molar-refractivity contribution in [3.8, 4) is 0 Å². The molecule has 0 aliphatic rings. The summed E-state index contributed by atoms with van der Waals surface area (Å²) in [6.07, 6.45) is 9.61. The molecule has 2 aromatic rings. The van der Waals surface area contributed by atoms with Gasteiger partial charge in [0.05, 0.1) is 24.0 Å². The quantitative estimate of drug-likeness (QED) is 0.863. The average Bonchev–Trinajstić information content (AvgIpc) is 2.72. The molecule has 0 saturated heterocycles. The third-order valence-electron chi connectivity index (χ3n) is 3.12. The summed E-state index contributed by atoms with van der Waals surface area (Å²) < 4.78 is 1.75. The summed E-state index contributed by atoms with van der Waals surface area (Å²) in [5, 5.41) is 14.4. The Morgan fingerprint density at radius 3 is 3.00 bits per heavy atom. The van der Waals surface area contributed by atoms with Crippen molar-refractivity contribution in [1.82, 2.24) is 14.6 Å². The number of aromatic nitrogens is 3. The van der Waals surface area contributed by atoms with E-state index in [0.29, 0.717) is 5.92 Å². The Hall–Kier alpha value is -1.42. The second-order valence-electron chi connectivity index (χ2n) is 4.65. The summed E-state index contributed by atoms with van der Waals surface area (Å²) >= 11 is 0. The van der Waals surface area contributed by atoms with Crippen LogP contribution in [0, 0.1) is 5.92 Å². The van der Waals surface area contributed by atoms with Crippen molar-refractivity contribution in [1.29, 1.82) is 0 Å². The van der Waals surface area contributed by atoms with Crippen LogP contribution in [0.25, 0.3) is 5.52 Å². The van der Waals surface area contributed by atoms with Crippen LogP contribution in [0.3, 0.4) is 0 Å². The molecule has 0 spiro atoms. The first-order chi connectivity index (χ1) is 8.22. The standard InChI is InChI=1S/C13H19N3O/c1-3-4-10(2)7-13(17)11-8-15-16-6-5-14-9-12(11)16/h5-6,8-10,13,17H,3-4,7H2,1-2H3. The molecule has 0 radical (unpaired) electrons. The molecule has 2 atom stereocenters. The molecule has 4 heteroatoms. The van der Waals surface area contributed by atoms with Crippen LogP contribution in [0.4, 0.5) is 0 Å². The highest BCUT2D eigenvalue weighted by Gasteiger charge is 2.16. The number of rotatable bonds is 5. The summed E-state index contributed by atoms with van der Waals surface area (Å²) in [7, 11) is 0. The fourth-order valence-corrected chi connectivity index (χ4v) is 2.23. The van der Waals surface area contributed by atoms with Crippen molar-refractivity contribution in [2.24, 2.45) is 5.92 Å². The fourth-order valence-electron chi connectivity index (χ4n) is 2.23. The van der Waals surface area contributed by atoms with Crippen molar-refractivity contribution < 1.29 is 5.11 Å². The molecule has 0 amide bonds. The predicted molar refractivity (Wildman–Crippen MR) is 66.6 cm³/mol. The summed E-state index contributed by atoms with van der Waals surface area (Å²) in [6.45, 7) is 4.35. The highest BCUT2D eigenvalue weighted by Crippen LogP contribution is 2.26. The first-order valence-electron chi connectivity index (χ1n) is 6.17. The van der Waals surface area contributed by atoms with E-state index in [2.05, 4.69) is 23.9 Å². The van der Waals surface area contributed by atoms with Crippen molar-refractivity contribution in [3.05, 3.63) is 30.4 Å². The average molecular weight is 233 g/mol. The number of hydrogen-bond acceptors (Lipinski definition) is 3. The Kier molecular flexibility index (Phi) is 3.74. The molecule has 0 saturated carbocycles. The minimum atomic E-state index is -0.446. The van der Waals surface area contributed by atoms with E-state index in [4.69, 9.17) is 0 Å². The lowest BCUT2D eigenvalue weighted by Gasteiger charge is -2.14.